The van der Waals surface area contributed by atoms with Crippen LogP contribution in [0.1, 0.15) is 47.0 Å². The number of nitrogens with zero attached hydrogens (tertiary/aromatic N) is 1. The molecule has 1 aliphatic heterocycles. The van der Waals surface area contributed by atoms with Gasteiger partial charge in [0.15, 0.2) is 0 Å². The second kappa shape index (κ2) is 5.85. The van der Waals surface area contributed by atoms with E-state index < -0.39 is 0 Å². The molecule has 0 spiro atoms. The molecule has 3 heteroatoms. The van der Waals surface area contributed by atoms with Gasteiger partial charge in [0, 0.05) is 12.6 Å². The van der Waals surface area contributed by atoms with Crippen LogP contribution in [0.2, 0.25) is 0 Å². The molecule has 0 radical (unpaired) electrons. The van der Waals surface area contributed by atoms with Gasteiger partial charge in [0.1, 0.15) is 0 Å². The smallest absolute Gasteiger partial charge is 0.309 e. The topological polar surface area (TPSA) is 29.5 Å². The van der Waals surface area contributed by atoms with Crippen LogP contribution in [0.25, 0.3) is 0 Å². The normalized spacial score (nSPS) is 23.4. The summed E-state index contributed by atoms with van der Waals surface area (Å²) in [7, 11) is 1.47. The largest absolute Gasteiger partial charge is 0.469 e. The Morgan fingerprint density at radius 2 is 1.94 bits per heavy atom. The summed E-state index contributed by atoms with van der Waals surface area (Å²) in [6.07, 6.45) is 3.73. The van der Waals surface area contributed by atoms with Crippen LogP contribution in [-0.2, 0) is 9.53 Å². The van der Waals surface area contributed by atoms with Crippen LogP contribution in [0.4, 0.5) is 0 Å². The average molecular weight is 241 g/mol. The van der Waals surface area contributed by atoms with E-state index in [-0.39, 0.29) is 17.9 Å². The lowest BCUT2D eigenvalue weighted by Crippen LogP contribution is -2.40. The summed E-state index contributed by atoms with van der Waals surface area (Å²) in [5.41, 5.74) is 0.476. The molecule has 0 bridgehead atoms. The number of rotatable bonds is 5. The van der Waals surface area contributed by atoms with Gasteiger partial charge in [-0.05, 0) is 38.1 Å². The SMILES string of the molecule is CCC1(CC)CCN(C(C)C(C)C(=O)OC)C1. The van der Waals surface area contributed by atoms with Gasteiger partial charge in [-0.15, -0.1) is 0 Å². The summed E-state index contributed by atoms with van der Waals surface area (Å²) in [5.74, 6) is -0.132. The Morgan fingerprint density at radius 1 is 1.35 bits per heavy atom. The van der Waals surface area contributed by atoms with E-state index in [1.807, 2.05) is 6.92 Å². The van der Waals surface area contributed by atoms with E-state index in [4.69, 9.17) is 4.74 Å². The number of likely N-dealkylation sites (tertiary alicyclic amines) is 1. The Kier molecular flexibility index (Phi) is 4.99. The highest BCUT2D eigenvalue weighted by molar-refractivity contribution is 5.72. The van der Waals surface area contributed by atoms with E-state index in [0.717, 1.165) is 13.1 Å². The number of hydrogen-bond acceptors (Lipinski definition) is 3. The minimum atomic E-state index is -0.0944. The van der Waals surface area contributed by atoms with E-state index >= 15 is 0 Å². The number of esters is 1. The molecule has 1 rings (SSSR count). The van der Waals surface area contributed by atoms with Crippen molar-refractivity contribution in [2.75, 3.05) is 20.2 Å². The highest BCUT2D eigenvalue weighted by Crippen LogP contribution is 2.38. The van der Waals surface area contributed by atoms with Crippen LogP contribution in [0, 0.1) is 11.3 Å². The van der Waals surface area contributed by atoms with E-state index in [0.29, 0.717) is 5.41 Å². The van der Waals surface area contributed by atoms with Gasteiger partial charge in [0.25, 0.3) is 0 Å². The molecule has 0 aromatic rings. The molecule has 1 heterocycles. The second-order valence-corrected chi connectivity index (χ2v) is 5.48. The maximum atomic E-state index is 11.6. The highest BCUT2D eigenvalue weighted by atomic mass is 16.5. The summed E-state index contributed by atoms with van der Waals surface area (Å²) in [5, 5.41) is 0. The third-order valence-electron chi connectivity index (χ3n) is 4.84. The summed E-state index contributed by atoms with van der Waals surface area (Å²) in [4.78, 5) is 14.0. The van der Waals surface area contributed by atoms with Crippen molar-refractivity contribution in [3.8, 4) is 0 Å². The van der Waals surface area contributed by atoms with Crippen molar-refractivity contribution in [3.05, 3.63) is 0 Å². The van der Waals surface area contributed by atoms with Crippen molar-refractivity contribution >= 4 is 5.97 Å². The molecule has 100 valence electrons. The monoisotopic (exact) mass is 241 g/mol. The Labute approximate surface area is 106 Å². The zero-order chi connectivity index (χ0) is 13.1. The maximum absolute atomic E-state index is 11.6. The lowest BCUT2D eigenvalue weighted by Gasteiger charge is -2.31. The number of carbonyl (C=O) groups is 1. The van der Waals surface area contributed by atoms with E-state index in [1.165, 1.54) is 26.4 Å². The van der Waals surface area contributed by atoms with Crippen LogP contribution < -0.4 is 0 Å². The molecule has 1 saturated heterocycles. The zero-order valence-corrected chi connectivity index (χ0v) is 12.0. The number of carbonyl (C=O) groups excluding carboxylic acids is 1. The maximum Gasteiger partial charge on any atom is 0.309 e. The Balaban J connectivity index is 2.61. The fourth-order valence-corrected chi connectivity index (χ4v) is 2.84. The van der Waals surface area contributed by atoms with Crippen molar-refractivity contribution in [2.24, 2.45) is 11.3 Å². The highest BCUT2D eigenvalue weighted by Gasteiger charge is 2.38. The Morgan fingerprint density at radius 3 is 2.35 bits per heavy atom. The molecule has 1 fully saturated rings. The molecule has 0 aliphatic carbocycles. The fourth-order valence-electron chi connectivity index (χ4n) is 2.84. The first-order chi connectivity index (χ1) is 7.99. The molecule has 0 aromatic heterocycles. The Bertz CT molecular complexity index is 261. The van der Waals surface area contributed by atoms with Crippen molar-refractivity contribution in [1.82, 2.24) is 4.90 Å². The summed E-state index contributed by atoms with van der Waals surface area (Å²) in [6.45, 7) is 10.9. The van der Waals surface area contributed by atoms with E-state index in [9.17, 15) is 4.79 Å². The van der Waals surface area contributed by atoms with Gasteiger partial charge in [0.2, 0.25) is 0 Å². The van der Waals surface area contributed by atoms with Crippen molar-refractivity contribution < 1.29 is 9.53 Å². The van der Waals surface area contributed by atoms with Gasteiger partial charge in [-0.3, -0.25) is 9.69 Å². The molecular weight excluding hydrogens is 214 g/mol. The lowest BCUT2D eigenvalue weighted by atomic mass is 9.82. The lowest BCUT2D eigenvalue weighted by molar-refractivity contribution is -0.146. The molecule has 0 aromatic carbocycles. The minimum absolute atomic E-state index is 0.0375. The number of methoxy groups -OCH3 is 1. The molecule has 2 atom stereocenters. The molecule has 0 saturated carbocycles. The number of hydrogen-bond donors (Lipinski definition) is 0. The van der Waals surface area contributed by atoms with Gasteiger partial charge >= 0.3 is 5.97 Å². The molecule has 0 N–H and O–H groups in total. The van der Waals surface area contributed by atoms with E-state index in [2.05, 4.69) is 25.7 Å². The summed E-state index contributed by atoms with van der Waals surface area (Å²) >= 11 is 0. The van der Waals surface area contributed by atoms with Gasteiger partial charge in [0.05, 0.1) is 13.0 Å². The van der Waals surface area contributed by atoms with Gasteiger partial charge in [-0.1, -0.05) is 20.8 Å². The summed E-state index contributed by atoms with van der Waals surface area (Å²) < 4.78 is 4.83. The second-order valence-electron chi connectivity index (χ2n) is 5.48. The quantitative estimate of drug-likeness (QED) is 0.693. The van der Waals surface area contributed by atoms with E-state index in [1.54, 1.807) is 0 Å². The molecule has 3 nitrogen and oxygen atoms in total. The first kappa shape index (κ1) is 14.5. The van der Waals surface area contributed by atoms with Crippen molar-refractivity contribution in [2.45, 2.75) is 53.0 Å². The van der Waals surface area contributed by atoms with Gasteiger partial charge < -0.3 is 4.74 Å². The molecule has 1 aliphatic rings. The predicted octanol–water partition coefficient (Wildman–Crippen LogP) is 2.70. The van der Waals surface area contributed by atoms with Gasteiger partial charge in [-0.2, -0.15) is 0 Å². The third kappa shape index (κ3) is 3.01. The average Bonchev–Trinajstić information content (AvgIpc) is 2.81. The number of ether oxygens (including phenoxy) is 1. The van der Waals surface area contributed by atoms with Crippen molar-refractivity contribution in [3.63, 3.8) is 0 Å². The van der Waals surface area contributed by atoms with Crippen LogP contribution in [0.3, 0.4) is 0 Å². The van der Waals surface area contributed by atoms with Crippen LogP contribution in [-0.4, -0.2) is 37.1 Å². The molecule has 2 unspecified atom stereocenters. The molecular formula is C14H27NO2. The standard InChI is InChI=1S/C14H27NO2/c1-6-14(7-2)8-9-15(10-14)12(4)11(3)13(16)17-5/h11-12H,6-10H2,1-5H3. The first-order valence-electron chi connectivity index (χ1n) is 6.81. The zero-order valence-electron chi connectivity index (χ0n) is 12.0. The van der Waals surface area contributed by atoms with Gasteiger partial charge in [-0.25, -0.2) is 0 Å². The predicted molar refractivity (Wildman–Crippen MR) is 69.8 cm³/mol. The van der Waals surface area contributed by atoms with Crippen LogP contribution >= 0.6 is 0 Å². The fraction of sp³-hybridized carbons (Fsp3) is 0.929. The van der Waals surface area contributed by atoms with Crippen molar-refractivity contribution in [1.29, 1.82) is 0 Å². The molecule has 0 amide bonds. The minimum Gasteiger partial charge on any atom is -0.469 e. The summed E-state index contributed by atoms with van der Waals surface area (Å²) in [6, 6.07) is 0.280. The molecule has 17 heavy (non-hydrogen) atoms. The first-order valence-corrected chi connectivity index (χ1v) is 6.81. The van der Waals surface area contributed by atoms with Crippen LogP contribution in [0.15, 0.2) is 0 Å². The Hall–Kier alpha value is -0.570. The third-order valence-corrected chi connectivity index (χ3v) is 4.84. The van der Waals surface area contributed by atoms with Crippen LogP contribution in [0.5, 0.6) is 0 Å².